The molecular weight excluding hydrogens is 289 g/mol. The smallest absolute Gasteiger partial charge is 0.336 e. The number of hydrogen-bond acceptors (Lipinski definition) is 6. The number of halogens is 1. The molecule has 22 heavy (non-hydrogen) atoms. The first-order chi connectivity index (χ1) is 10.6. The fourth-order valence-electron chi connectivity index (χ4n) is 2.65. The summed E-state index contributed by atoms with van der Waals surface area (Å²) in [5, 5.41) is 0.611. The van der Waals surface area contributed by atoms with Crippen LogP contribution in [0.1, 0.15) is 6.92 Å². The van der Waals surface area contributed by atoms with Crippen LogP contribution in [-0.2, 0) is 14.3 Å². The van der Waals surface area contributed by atoms with Crippen molar-refractivity contribution in [2.24, 2.45) is 0 Å². The molecule has 0 N–H and O–H groups in total. The van der Waals surface area contributed by atoms with Crippen LogP contribution in [0.25, 0.3) is 10.9 Å². The summed E-state index contributed by atoms with van der Waals surface area (Å²) in [6, 6.07) is 4.37. The zero-order valence-electron chi connectivity index (χ0n) is 12.3. The van der Waals surface area contributed by atoms with Gasteiger partial charge in [-0.1, -0.05) is 0 Å². The number of esters is 1. The van der Waals surface area contributed by atoms with Crippen LogP contribution in [-0.4, -0.2) is 48.3 Å². The largest absolute Gasteiger partial charge is 0.467 e. The average Bonchev–Trinajstić information content (AvgIpc) is 2.52. The molecule has 1 aliphatic heterocycles. The summed E-state index contributed by atoms with van der Waals surface area (Å²) in [6.45, 7) is 2.72. The Morgan fingerprint density at radius 3 is 3.00 bits per heavy atom. The van der Waals surface area contributed by atoms with E-state index in [0.717, 1.165) is 0 Å². The molecule has 1 fully saturated rings. The number of carbonyl (C=O) groups excluding carboxylic acids is 1. The highest BCUT2D eigenvalue weighted by Crippen LogP contribution is 2.26. The third-order valence-electron chi connectivity index (χ3n) is 3.60. The predicted octanol–water partition coefficient (Wildman–Crippen LogP) is 1.54. The number of ether oxygens (including phenoxy) is 2. The molecule has 0 radical (unpaired) electrons. The third-order valence-corrected chi connectivity index (χ3v) is 3.60. The lowest BCUT2D eigenvalue weighted by Gasteiger charge is -2.36. The van der Waals surface area contributed by atoms with Gasteiger partial charge >= 0.3 is 5.97 Å². The number of nitrogens with zero attached hydrogens (tertiary/aromatic N) is 3. The van der Waals surface area contributed by atoms with Gasteiger partial charge in [-0.3, -0.25) is 0 Å². The van der Waals surface area contributed by atoms with Crippen molar-refractivity contribution >= 4 is 22.7 Å². The van der Waals surface area contributed by atoms with E-state index in [1.165, 1.54) is 25.6 Å². The molecule has 7 heteroatoms. The van der Waals surface area contributed by atoms with E-state index in [1.807, 2.05) is 11.8 Å². The number of rotatable bonds is 2. The number of benzene rings is 1. The van der Waals surface area contributed by atoms with Gasteiger partial charge in [0.2, 0.25) is 0 Å². The quantitative estimate of drug-likeness (QED) is 0.784. The standard InChI is InChI=1S/C15H16FN3O3/c1-9-6-19(7-13(22-9)15(20)21-2)14-11-5-10(16)3-4-12(11)17-8-18-14/h3-5,8-9,13H,6-7H2,1-2H3/t9-,13?/m1/s1. The Bertz CT molecular complexity index is 709. The van der Waals surface area contributed by atoms with Crippen LogP contribution in [0, 0.1) is 5.82 Å². The summed E-state index contributed by atoms with van der Waals surface area (Å²) in [5.41, 5.74) is 0.653. The highest BCUT2D eigenvalue weighted by atomic mass is 19.1. The number of anilines is 1. The van der Waals surface area contributed by atoms with Crippen LogP contribution >= 0.6 is 0 Å². The number of carbonyl (C=O) groups is 1. The van der Waals surface area contributed by atoms with E-state index in [4.69, 9.17) is 9.47 Å². The number of hydrogen-bond donors (Lipinski definition) is 0. The van der Waals surface area contributed by atoms with Gasteiger partial charge in [-0.25, -0.2) is 19.2 Å². The zero-order valence-corrected chi connectivity index (χ0v) is 12.3. The van der Waals surface area contributed by atoms with Crippen molar-refractivity contribution in [1.82, 2.24) is 9.97 Å². The molecule has 1 aromatic heterocycles. The van der Waals surface area contributed by atoms with Gasteiger partial charge in [0.15, 0.2) is 6.10 Å². The fraction of sp³-hybridized carbons (Fsp3) is 0.400. The van der Waals surface area contributed by atoms with Crippen molar-refractivity contribution < 1.29 is 18.7 Å². The van der Waals surface area contributed by atoms with Crippen LogP contribution in [0.2, 0.25) is 0 Å². The second kappa shape index (κ2) is 5.84. The minimum atomic E-state index is -0.688. The Morgan fingerprint density at radius 1 is 1.41 bits per heavy atom. The van der Waals surface area contributed by atoms with Crippen molar-refractivity contribution in [1.29, 1.82) is 0 Å². The van der Waals surface area contributed by atoms with Crippen LogP contribution < -0.4 is 4.90 Å². The van der Waals surface area contributed by atoms with Gasteiger partial charge in [0, 0.05) is 11.9 Å². The van der Waals surface area contributed by atoms with E-state index < -0.39 is 12.1 Å². The van der Waals surface area contributed by atoms with E-state index in [1.54, 1.807) is 6.07 Å². The third kappa shape index (κ3) is 2.71. The maximum Gasteiger partial charge on any atom is 0.336 e. The van der Waals surface area contributed by atoms with E-state index in [2.05, 4.69) is 9.97 Å². The molecule has 1 aliphatic rings. The summed E-state index contributed by atoms with van der Waals surface area (Å²) in [5.74, 6) is -0.191. The molecule has 1 aromatic carbocycles. The summed E-state index contributed by atoms with van der Waals surface area (Å²) in [4.78, 5) is 22.0. The molecule has 0 amide bonds. The summed E-state index contributed by atoms with van der Waals surface area (Å²) < 4.78 is 23.9. The van der Waals surface area contributed by atoms with Crippen molar-refractivity contribution in [3.8, 4) is 0 Å². The SMILES string of the molecule is COC(=O)C1CN(c2ncnc3ccc(F)cc23)C[C@@H](C)O1. The molecule has 3 rings (SSSR count). The van der Waals surface area contributed by atoms with E-state index in [0.29, 0.717) is 29.8 Å². The lowest BCUT2D eigenvalue weighted by molar-refractivity contribution is -0.158. The average molecular weight is 305 g/mol. The molecular formula is C15H16FN3O3. The Balaban J connectivity index is 1.99. The number of morpholine rings is 1. The Labute approximate surface area is 126 Å². The van der Waals surface area contributed by atoms with Gasteiger partial charge in [-0.05, 0) is 25.1 Å². The molecule has 0 bridgehead atoms. The highest BCUT2D eigenvalue weighted by Gasteiger charge is 2.32. The molecule has 2 atom stereocenters. The Hall–Kier alpha value is -2.28. The van der Waals surface area contributed by atoms with Crippen LogP contribution in [0.4, 0.5) is 10.2 Å². The minimum absolute atomic E-state index is 0.170. The summed E-state index contributed by atoms with van der Waals surface area (Å²) >= 11 is 0. The van der Waals surface area contributed by atoms with Crippen molar-refractivity contribution in [2.45, 2.75) is 19.1 Å². The molecule has 116 valence electrons. The molecule has 6 nitrogen and oxygen atoms in total. The van der Waals surface area contributed by atoms with Gasteiger partial charge in [0.05, 0.1) is 25.3 Å². The van der Waals surface area contributed by atoms with Crippen molar-refractivity contribution in [3.63, 3.8) is 0 Å². The molecule has 1 unspecified atom stereocenters. The van der Waals surface area contributed by atoms with Crippen LogP contribution in [0.5, 0.6) is 0 Å². The van der Waals surface area contributed by atoms with Gasteiger partial charge in [0.1, 0.15) is 18.0 Å². The highest BCUT2D eigenvalue weighted by molar-refractivity contribution is 5.89. The topological polar surface area (TPSA) is 64.5 Å². The molecule has 0 saturated carbocycles. The zero-order chi connectivity index (χ0) is 15.7. The van der Waals surface area contributed by atoms with Gasteiger partial charge < -0.3 is 14.4 Å². The number of fused-ring (bicyclic) bond motifs is 1. The first-order valence-electron chi connectivity index (χ1n) is 6.97. The van der Waals surface area contributed by atoms with Crippen LogP contribution in [0.3, 0.4) is 0 Å². The fourth-order valence-corrected chi connectivity index (χ4v) is 2.65. The van der Waals surface area contributed by atoms with Crippen molar-refractivity contribution in [2.75, 3.05) is 25.1 Å². The molecule has 0 spiro atoms. The second-order valence-corrected chi connectivity index (χ2v) is 5.22. The number of aromatic nitrogens is 2. The molecule has 0 aliphatic carbocycles. The predicted molar refractivity (Wildman–Crippen MR) is 78.1 cm³/mol. The monoisotopic (exact) mass is 305 g/mol. The summed E-state index contributed by atoms with van der Waals surface area (Å²) in [6.07, 6.45) is 0.576. The second-order valence-electron chi connectivity index (χ2n) is 5.22. The van der Waals surface area contributed by atoms with Gasteiger partial charge in [0.25, 0.3) is 0 Å². The van der Waals surface area contributed by atoms with Gasteiger partial charge in [-0.15, -0.1) is 0 Å². The number of methoxy groups -OCH3 is 1. The maximum absolute atomic E-state index is 13.5. The molecule has 1 saturated heterocycles. The van der Waals surface area contributed by atoms with E-state index in [9.17, 15) is 9.18 Å². The lowest BCUT2D eigenvalue weighted by Crippen LogP contribution is -2.50. The maximum atomic E-state index is 13.5. The minimum Gasteiger partial charge on any atom is -0.467 e. The van der Waals surface area contributed by atoms with Crippen LogP contribution in [0.15, 0.2) is 24.5 Å². The lowest BCUT2D eigenvalue weighted by atomic mass is 10.1. The first-order valence-corrected chi connectivity index (χ1v) is 6.97. The van der Waals surface area contributed by atoms with Gasteiger partial charge in [-0.2, -0.15) is 0 Å². The van der Waals surface area contributed by atoms with E-state index >= 15 is 0 Å². The van der Waals surface area contributed by atoms with Crippen molar-refractivity contribution in [3.05, 3.63) is 30.3 Å². The first kappa shape index (κ1) is 14.6. The Morgan fingerprint density at radius 2 is 2.23 bits per heavy atom. The Kier molecular flexibility index (Phi) is 3.89. The summed E-state index contributed by atoms with van der Waals surface area (Å²) in [7, 11) is 1.32. The molecule has 2 aromatic rings. The molecule has 2 heterocycles. The normalized spacial score (nSPS) is 21.9. The van der Waals surface area contributed by atoms with E-state index in [-0.39, 0.29) is 11.9 Å².